The van der Waals surface area contributed by atoms with Crippen molar-refractivity contribution in [1.29, 1.82) is 0 Å². The summed E-state index contributed by atoms with van der Waals surface area (Å²) in [7, 11) is -2.03. The van der Waals surface area contributed by atoms with E-state index in [9.17, 15) is 13.2 Å². The largest absolute Gasteiger partial charge is 0.455 e. The molecule has 1 heterocycles. The number of rotatable bonds is 8. The van der Waals surface area contributed by atoms with Crippen molar-refractivity contribution in [1.82, 2.24) is 5.32 Å². The van der Waals surface area contributed by atoms with Crippen LogP contribution in [0.2, 0.25) is 0 Å². The second-order valence-electron chi connectivity index (χ2n) is 9.39. The molecular weight excluding hydrogens is 484 g/mol. The Kier molecular flexibility index (Phi) is 7.55. The summed E-state index contributed by atoms with van der Waals surface area (Å²) in [5.41, 5.74) is 5.91. The van der Waals surface area contributed by atoms with E-state index < -0.39 is 10.0 Å². The van der Waals surface area contributed by atoms with Gasteiger partial charge in [-0.15, -0.1) is 0 Å². The zero-order valence-corrected chi connectivity index (χ0v) is 22.6. The number of allylic oxidation sites excluding steroid dienone is 1. The molecule has 0 aliphatic carbocycles. The topological polar surface area (TPSA) is 79.6 Å². The third-order valence-electron chi connectivity index (χ3n) is 6.21. The summed E-state index contributed by atoms with van der Waals surface area (Å²) in [5, 5.41) is 3.35. The first-order chi connectivity index (χ1) is 17.6. The van der Waals surface area contributed by atoms with Crippen molar-refractivity contribution in [2.75, 3.05) is 24.2 Å². The minimum absolute atomic E-state index is 0.274. The summed E-state index contributed by atoms with van der Waals surface area (Å²) in [5.74, 6) is 0.172. The first kappa shape index (κ1) is 26.2. The van der Waals surface area contributed by atoms with Gasteiger partial charge in [-0.2, -0.15) is 0 Å². The molecule has 0 spiro atoms. The van der Waals surface area contributed by atoms with Crippen LogP contribution < -0.4 is 9.62 Å². The molecular formula is C30H32N2O4S. The second kappa shape index (κ2) is 10.6. The molecule has 6 nitrogen and oxygen atoms in total. The minimum Gasteiger partial charge on any atom is -0.455 e. The molecule has 1 aromatic heterocycles. The average Bonchev–Trinajstić information content (AvgIpc) is 3.24. The van der Waals surface area contributed by atoms with Gasteiger partial charge in [-0.25, -0.2) is 8.42 Å². The van der Waals surface area contributed by atoms with Crippen molar-refractivity contribution < 1.29 is 17.6 Å². The minimum atomic E-state index is -3.61. The number of fused-ring (bicyclic) bond motifs is 1. The molecule has 0 saturated carbocycles. The van der Waals surface area contributed by atoms with Crippen LogP contribution in [0.5, 0.6) is 0 Å². The molecule has 0 aliphatic rings. The molecule has 192 valence electrons. The molecule has 0 radical (unpaired) electrons. The first-order valence-corrected chi connectivity index (χ1v) is 14.0. The lowest BCUT2D eigenvalue weighted by molar-refractivity contribution is 0.0964. The standard InChI is InChI=1S/C30H32N2O4S/c1-20(2)10-9-17-32(37(5,34)35)26-19-27-25(18-24(26)22-11-7-6-8-12-22)28(30(33)31-4)29(36-27)23-15-13-21(3)14-16-23/h6-8,10-16,18-19H,9,17H2,1-5H3,(H,31,33). The number of nitrogens with one attached hydrogen (secondary N) is 1. The van der Waals surface area contributed by atoms with Crippen molar-refractivity contribution in [3.8, 4) is 22.5 Å². The van der Waals surface area contributed by atoms with E-state index in [1.807, 2.05) is 87.5 Å². The van der Waals surface area contributed by atoms with E-state index in [1.165, 1.54) is 10.6 Å². The zero-order chi connectivity index (χ0) is 26.7. The maximum absolute atomic E-state index is 13.1. The van der Waals surface area contributed by atoms with E-state index >= 15 is 0 Å². The summed E-state index contributed by atoms with van der Waals surface area (Å²) < 4.78 is 33.7. The Morgan fingerprint density at radius 2 is 1.68 bits per heavy atom. The lowest BCUT2D eigenvalue weighted by atomic mass is 9.98. The third-order valence-corrected chi connectivity index (χ3v) is 7.39. The highest BCUT2D eigenvalue weighted by Crippen LogP contribution is 2.41. The van der Waals surface area contributed by atoms with E-state index in [0.29, 0.717) is 40.0 Å². The maximum Gasteiger partial charge on any atom is 0.255 e. The van der Waals surface area contributed by atoms with Gasteiger partial charge in [-0.05, 0) is 38.8 Å². The van der Waals surface area contributed by atoms with Gasteiger partial charge in [0.05, 0.1) is 17.5 Å². The molecule has 4 aromatic rings. The highest BCUT2D eigenvalue weighted by atomic mass is 32.2. The van der Waals surface area contributed by atoms with Crippen molar-refractivity contribution >= 4 is 32.6 Å². The fourth-order valence-electron chi connectivity index (χ4n) is 4.38. The number of hydrogen-bond donors (Lipinski definition) is 1. The Bertz CT molecular complexity index is 1560. The number of aryl methyl sites for hydroxylation is 1. The zero-order valence-electron chi connectivity index (χ0n) is 21.8. The molecule has 0 unspecified atom stereocenters. The van der Waals surface area contributed by atoms with Crippen LogP contribution in [0, 0.1) is 6.92 Å². The Morgan fingerprint density at radius 3 is 2.27 bits per heavy atom. The predicted octanol–water partition coefficient (Wildman–Crippen LogP) is 6.56. The molecule has 37 heavy (non-hydrogen) atoms. The Hall–Kier alpha value is -3.84. The van der Waals surface area contributed by atoms with Crippen LogP contribution in [0.15, 0.2) is 82.8 Å². The molecule has 7 heteroatoms. The number of benzene rings is 3. The van der Waals surface area contributed by atoms with Crippen LogP contribution in [-0.2, 0) is 10.0 Å². The Morgan fingerprint density at radius 1 is 1.00 bits per heavy atom. The van der Waals surface area contributed by atoms with Gasteiger partial charge in [-0.3, -0.25) is 9.10 Å². The maximum atomic E-state index is 13.1. The van der Waals surface area contributed by atoms with Crippen LogP contribution in [0.1, 0.15) is 36.2 Å². The normalized spacial score (nSPS) is 11.4. The SMILES string of the molecule is CNC(=O)c1c(-c2ccc(C)cc2)oc2cc(N(CCC=C(C)C)S(C)(=O)=O)c(-c3ccccc3)cc12. The highest BCUT2D eigenvalue weighted by Gasteiger charge is 2.27. The van der Waals surface area contributed by atoms with Gasteiger partial charge in [0.1, 0.15) is 11.3 Å². The predicted molar refractivity (Wildman–Crippen MR) is 151 cm³/mol. The number of nitrogens with zero attached hydrogens (tertiary/aromatic N) is 1. The Balaban J connectivity index is 2.03. The van der Waals surface area contributed by atoms with Crippen molar-refractivity contribution in [2.24, 2.45) is 0 Å². The number of carbonyl (C=O) groups excluding carboxylic acids is 1. The lowest BCUT2D eigenvalue weighted by Gasteiger charge is -2.25. The van der Waals surface area contributed by atoms with Crippen molar-refractivity contribution in [3.05, 3.63) is 89.5 Å². The van der Waals surface area contributed by atoms with E-state index in [4.69, 9.17) is 4.42 Å². The quantitative estimate of drug-likeness (QED) is 0.269. The van der Waals surface area contributed by atoms with Gasteiger partial charge in [0, 0.05) is 36.2 Å². The Labute approximate surface area is 218 Å². The van der Waals surface area contributed by atoms with Gasteiger partial charge in [0.25, 0.3) is 5.91 Å². The monoisotopic (exact) mass is 516 g/mol. The fraction of sp³-hybridized carbons (Fsp3) is 0.233. The smallest absolute Gasteiger partial charge is 0.255 e. The number of hydrogen-bond acceptors (Lipinski definition) is 4. The summed E-state index contributed by atoms with van der Waals surface area (Å²) in [6, 6.07) is 21.0. The first-order valence-electron chi connectivity index (χ1n) is 12.2. The van der Waals surface area contributed by atoms with Crippen molar-refractivity contribution in [3.63, 3.8) is 0 Å². The van der Waals surface area contributed by atoms with Crippen molar-refractivity contribution in [2.45, 2.75) is 27.2 Å². The summed E-state index contributed by atoms with van der Waals surface area (Å²) in [4.78, 5) is 13.1. The van der Waals surface area contributed by atoms with E-state index in [2.05, 4.69) is 5.32 Å². The van der Waals surface area contributed by atoms with Gasteiger partial charge < -0.3 is 9.73 Å². The number of sulfonamides is 1. The van der Waals surface area contributed by atoms with Crippen LogP contribution in [0.3, 0.4) is 0 Å². The summed E-state index contributed by atoms with van der Waals surface area (Å²) in [6.45, 7) is 6.25. The molecule has 0 atom stereocenters. The van der Waals surface area contributed by atoms with Gasteiger partial charge >= 0.3 is 0 Å². The molecule has 0 saturated heterocycles. The lowest BCUT2D eigenvalue weighted by Crippen LogP contribution is -2.31. The molecule has 3 aromatic carbocycles. The number of carbonyl (C=O) groups is 1. The van der Waals surface area contributed by atoms with E-state index in [0.717, 1.165) is 22.3 Å². The molecule has 1 amide bonds. The third kappa shape index (κ3) is 5.62. The second-order valence-corrected chi connectivity index (χ2v) is 11.3. The van der Waals surface area contributed by atoms with Crippen LogP contribution >= 0.6 is 0 Å². The number of anilines is 1. The summed E-state index contributed by atoms with van der Waals surface area (Å²) >= 11 is 0. The molecule has 0 aliphatic heterocycles. The number of furan rings is 1. The molecule has 4 rings (SSSR count). The van der Waals surface area contributed by atoms with E-state index in [-0.39, 0.29) is 12.5 Å². The highest BCUT2D eigenvalue weighted by molar-refractivity contribution is 7.92. The van der Waals surface area contributed by atoms with Gasteiger partial charge in [0.15, 0.2) is 0 Å². The molecule has 1 N–H and O–H groups in total. The van der Waals surface area contributed by atoms with Gasteiger partial charge in [0.2, 0.25) is 10.0 Å². The number of amides is 1. The van der Waals surface area contributed by atoms with Crippen LogP contribution in [0.25, 0.3) is 33.4 Å². The molecule has 0 fully saturated rings. The average molecular weight is 517 g/mol. The molecule has 0 bridgehead atoms. The van der Waals surface area contributed by atoms with E-state index in [1.54, 1.807) is 13.1 Å². The van der Waals surface area contributed by atoms with Crippen LogP contribution in [0.4, 0.5) is 5.69 Å². The van der Waals surface area contributed by atoms with Gasteiger partial charge in [-0.1, -0.05) is 71.8 Å². The summed E-state index contributed by atoms with van der Waals surface area (Å²) in [6.07, 6.45) is 3.80. The van der Waals surface area contributed by atoms with Crippen LogP contribution in [-0.4, -0.2) is 34.2 Å². The fourth-order valence-corrected chi connectivity index (χ4v) is 5.33.